The maximum absolute atomic E-state index is 10.8. The first kappa shape index (κ1) is 10.7. The molecule has 0 aliphatic carbocycles. The minimum atomic E-state index is -0.321. The van der Waals surface area contributed by atoms with Crippen LogP contribution < -0.4 is 4.74 Å². The van der Waals surface area contributed by atoms with Gasteiger partial charge in [-0.25, -0.2) is 0 Å². The van der Waals surface area contributed by atoms with Crippen molar-refractivity contribution in [2.75, 3.05) is 5.75 Å². The molecule has 2 nitrogen and oxygen atoms in total. The van der Waals surface area contributed by atoms with Gasteiger partial charge in [0.05, 0.1) is 10.6 Å². The highest BCUT2D eigenvalue weighted by molar-refractivity contribution is 7.99. The maximum Gasteiger partial charge on any atom is 0.308 e. The van der Waals surface area contributed by atoms with Crippen molar-refractivity contribution < 1.29 is 9.53 Å². The Balaban J connectivity index is 2.81. The monoisotopic (exact) mass is 206 g/mol. The third kappa shape index (κ3) is 3.15. The van der Waals surface area contributed by atoms with Gasteiger partial charge in [0, 0.05) is 6.92 Å². The number of para-hydroxylation sites is 1. The van der Waals surface area contributed by atoms with Crippen molar-refractivity contribution in [3.8, 4) is 18.1 Å². The highest BCUT2D eigenvalue weighted by Crippen LogP contribution is 2.28. The number of benzene rings is 1. The Labute approximate surface area is 87.7 Å². The molecule has 0 saturated carbocycles. The molecule has 0 unspecified atom stereocenters. The standard InChI is InChI=1S/C11H10O2S/c1-3-8-14-11-7-5-4-6-10(11)13-9(2)12/h1,4-7H,8H2,2H3. The Morgan fingerprint density at radius 3 is 2.93 bits per heavy atom. The molecule has 3 heteroatoms. The summed E-state index contributed by atoms with van der Waals surface area (Å²) in [6, 6.07) is 7.32. The molecule has 1 rings (SSSR count). The summed E-state index contributed by atoms with van der Waals surface area (Å²) in [4.78, 5) is 11.7. The van der Waals surface area contributed by atoms with Crippen molar-refractivity contribution in [2.24, 2.45) is 0 Å². The van der Waals surface area contributed by atoms with Crippen molar-refractivity contribution in [3.63, 3.8) is 0 Å². The van der Waals surface area contributed by atoms with Crippen LogP contribution in [0.1, 0.15) is 6.92 Å². The van der Waals surface area contributed by atoms with Gasteiger partial charge in [0.25, 0.3) is 0 Å². The molecule has 0 radical (unpaired) electrons. The molecule has 0 spiro atoms. The first-order chi connectivity index (χ1) is 6.74. The SMILES string of the molecule is C#CCSc1ccccc1OC(C)=O. The lowest BCUT2D eigenvalue weighted by Gasteiger charge is -2.06. The van der Waals surface area contributed by atoms with Crippen LogP contribution in [0.2, 0.25) is 0 Å². The molecule has 0 aliphatic heterocycles. The molecular weight excluding hydrogens is 196 g/mol. The first-order valence-electron chi connectivity index (χ1n) is 4.07. The Bertz CT molecular complexity index is 366. The van der Waals surface area contributed by atoms with Gasteiger partial charge in [-0.3, -0.25) is 4.79 Å². The fourth-order valence-electron chi connectivity index (χ4n) is 0.928. The summed E-state index contributed by atoms with van der Waals surface area (Å²) in [5.74, 6) is 3.34. The molecule has 1 aromatic rings. The molecule has 0 N–H and O–H groups in total. The van der Waals surface area contributed by atoms with E-state index < -0.39 is 0 Å². The minimum Gasteiger partial charge on any atom is -0.426 e. The predicted octanol–water partition coefficient (Wildman–Crippen LogP) is 2.34. The fourth-order valence-corrected chi connectivity index (χ4v) is 1.59. The number of rotatable bonds is 3. The predicted molar refractivity (Wildman–Crippen MR) is 57.3 cm³/mol. The van der Waals surface area contributed by atoms with E-state index in [1.807, 2.05) is 18.2 Å². The topological polar surface area (TPSA) is 26.3 Å². The van der Waals surface area contributed by atoms with Crippen molar-refractivity contribution in [1.82, 2.24) is 0 Å². The lowest BCUT2D eigenvalue weighted by Crippen LogP contribution is -2.02. The van der Waals surface area contributed by atoms with Crippen LogP contribution in [0.3, 0.4) is 0 Å². The summed E-state index contributed by atoms with van der Waals surface area (Å²) in [7, 11) is 0. The van der Waals surface area contributed by atoms with Crippen molar-refractivity contribution in [2.45, 2.75) is 11.8 Å². The van der Waals surface area contributed by atoms with Gasteiger partial charge in [-0.2, -0.15) is 0 Å². The zero-order valence-electron chi connectivity index (χ0n) is 7.82. The zero-order chi connectivity index (χ0) is 10.4. The Morgan fingerprint density at radius 2 is 2.29 bits per heavy atom. The van der Waals surface area contributed by atoms with E-state index in [1.54, 1.807) is 6.07 Å². The first-order valence-corrected chi connectivity index (χ1v) is 5.06. The molecule has 1 aromatic carbocycles. The smallest absolute Gasteiger partial charge is 0.308 e. The lowest BCUT2D eigenvalue weighted by atomic mass is 10.3. The van der Waals surface area contributed by atoms with Crippen LogP contribution in [0.4, 0.5) is 0 Å². The van der Waals surface area contributed by atoms with Crippen LogP contribution in [0.5, 0.6) is 5.75 Å². The quantitative estimate of drug-likeness (QED) is 0.328. The number of thioether (sulfide) groups is 1. The van der Waals surface area contributed by atoms with Gasteiger partial charge >= 0.3 is 5.97 Å². The number of terminal acetylenes is 1. The second kappa shape index (κ2) is 5.36. The second-order valence-corrected chi connectivity index (χ2v) is 3.55. The Hall–Kier alpha value is -1.40. The number of esters is 1. The van der Waals surface area contributed by atoms with Gasteiger partial charge in [0.15, 0.2) is 0 Å². The average Bonchev–Trinajstić information content (AvgIpc) is 2.16. The van der Waals surface area contributed by atoms with Crippen LogP contribution in [0.25, 0.3) is 0 Å². The van der Waals surface area contributed by atoms with Crippen LogP contribution in [0.15, 0.2) is 29.2 Å². The van der Waals surface area contributed by atoms with Gasteiger partial charge in [-0.1, -0.05) is 18.1 Å². The van der Waals surface area contributed by atoms with Crippen molar-refractivity contribution in [1.29, 1.82) is 0 Å². The normalized spacial score (nSPS) is 9.14. The van der Waals surface area contributed by atoms with Gasteiger partial charge in [-0.05, 0) is 12.1 Å². The number of carbonyl (C=O) groups excluding carboxylic acids is 1. The van der Waals surface area contributed by atoms with E-state index in [4.69, 9.17) is 11.2 Å². The van der Waals surface area contributed by atoms with E-state index in [0.29, 0.717) is 11.5 Å². The number of ether oxygens (including phenoxy) is 1. The van der Waals surface area contributed by atoms with Gasteiger partial charge < -0.3 is 4.74 Å². The molecule has 0 fully saturated rings. The molecule has 72 valence electrons. The summed E-state index contributed by atoms with van der Waals surface area (Å²) in [6.45, 7) is 1.38. The third-order valence-corrected chi connectivity index (χ3v) is 2.37. The second-order valence-electron chi connectivity index (χ2n) is 2.53. The highest BCUT2D eigenvalue weighted by atomic mass is 32.2. The summed E-state index contributed by atoms with van der Waals surface area (Å²) in [5.41, 5.74) is 0. The summed E-state index contributed by atoms with van der Waals surface area (Å²) >= 11 is 1.48. The lowest BCUT2D eigenvalue weighted by molar-refractivity contribution is -0.132. The molecule has 14 heavy (non-hydrogen) atoms. The third-order valence-electron chi connectivity index (χ3n) is 1.41. The summed E-state index contributed by atoms with van der Waals surface area (Å²) < 4.78 is 5.01. The molecular formula is C11H10O2S. The van der Waals surface area contributed by atoms with E-state index >= 15 is 0 Å². The maximum atomic E-state index is 10.8. The van der Waals surface area contributed by atoms with E-state index in [1.165, 1.54) is 18.7 Å². The fraction of sp³-hybridized carbons (Fsp3) is 0.182. The Kier molecular flexibility index (Phi) is 4.09. The van der Waals surface area contributed by atoms with E-state index in [0.717, 1.165) is 4.90 Å². The van der Waals surface area contributed by atoms with E-state index in [2.05, 4.69) is 5.92 Å². The van der Waals surface area contributed by atoms with Crippen LogP contribution >= 0.6 is 11.8 Å². The summed E-state index contributed by atoms with van der Waals surface area (Å²) in [6.07, 6.45) is 5.15. The number of hydrogen-bond donors (Lipinski definition) is 0. The largest absolute Gasteiger partial charge is 0.426 e. The number of carbonyl (C=O) groups is 1. The van der Waals surface area contributed by atoms with E-state index in [-0.39, 0.29) is 5.97 Å². The van der Waals surface area contributed by atoms with E-state index in [9.17, 15) is 4.79 Å². The molecule has 0 bridgehead atoms. The Morgan fingerprint density at radius 1 is 1.57 bits per heavy atom. The summed E-state index contributed by atoms with van der Waals surface area (Å²) in [5, 5.41) is 0. The van der Waals surface area contributed by atoms with Crippen molar-refractivity contribution in [3.05, 3.63) is 24.3 Å². The van der Waals surface area contributed by atoms with Gasteiger partial charge in [-0.15, -0.1) is 18.2 Å². The number of hydrogen-bond acceptors (Lipinski definition) is 3. The van der Waals surface area contributed by atoms with Crippen LogP contribution in [-0.4, -0.2) is 11.7 Å². The zero-order valence-corrected chi connectivity index (χ0v) is 8.64. The van der Waals surface area contributed by atoms with Crippen LogP contribution in [-0.2, 0) is 4.79 Å². The molecule has 0 amide bonds. The van der Waals surface area contributed by atoms with Crippen molar-refractivity contribution >= 4 is 17.7 Å². The van der Waals surface area contributed by atoms with Gasteiger partial charge in [0.1, 0.15) is 5.75 Å². The molecule has 0 saturated heterocycles. The molecule has 0 aliphatic rings. The molecule has 0 heterocycles. The minimum absolute atomic E-state index is 0.321. The average molecular weight is 206 g/mol. The van der Waals surface area contributed by atoms with Crippen LogP contribution in [0, 0.1) is 12.3 Å². The highest BCUT2D eigenvalue weighted by Gasteiger charge is 2.04. The molecule has 0 aromatic heterocycles. The van der Waals surface area contributed by atoms with Gasteiger partial charge in [0.2, 0.25) is 0 Å². The molecule has 0 atom stereocenters.